The second-order valence-electron chi connectivity index (χ2n) is 0.951. The number of hydrogen-bond acceptors (Lipinski definition) is 1. The minimum atomic E-state index is 0.643. The fraction of sp³-hybridized carbons (Fsp3) is 0.667. The van der Waals surface area contributed by atoms with Crippen LogP contribution in [-0.4, -0.2) is 6.54 Å². The van der Waals surface area contributed by atoms with Crippen LogP contribution in [0.2, 0.25) is 0 Å². The molecule has 0 saturated carbocycles. The van der Waals surface area contributed by atoms with Gasteiger partial charge >= 0.3 is 0 Å². The molecule has 0 aromatic heterocycles. The minimum Gasteiger partial charge on any atom is -0.261 e. The molecule has 39 valence electrons. The number of nitrogens with one attached hydrogen (secondary N) is 1. The third-order valence-electron chi connectivity index (χ3n) is 0.404. The Morgan fingerprint density at radius 3 is 3.00 bits per heavy atom. The van der Waals surface area contributed by atoms with E-state index in [1.165, 1.54) is 0 Å². The molecule has 0 aromatic carbocycles. The average Bonchev–Trinajstić information content (AvgIpc) is 1.69. The highest BCUT2D eigenvalue weighted by molar-refractivity contribution is 4.42. The van der Waals surface area contributed by atoms with E-state index in [9.17, 15) is 0 Å². The van der Waals surface area contributed by atoms with Crippen LogP contribution < -0.4 is 5.43 Å². The van der Waals surface area contributed by atoms with Crippen molar-refractivity contribution in [1.29, 1.82) is 0 Å². The Kier molecular flexibility index (Phi) is 4.46. The lowest BCUT2D eigenvalue weighted by Gasteiger charge is -1.84. The minimum absolute atomic E-state index is 0.643. The van der Waals surface area contributed by atoms with Crippen molar-refractivity contribution in [1.82, 2.24) is 5.43 Å². The smallest absolute Gasteiger partial charge is 0.0859 e. The van der Waals surface area contributed by atoms with Gasteiger partial charge in [-0.3, -0.25) is 5.43 Å². The Bertz CT molecular complexity index is 73.0. The number of rotatable bonds is 3. The van der Waals surface area contributed by atoms with Gasteiger partial charge in [0.25, 0.3) is 0 Å². The zero-order chi connectivity index (χ0) is 5.54. The summed E-state index contributed by atoms with van der Waals surface area (Å²) in [6.07, 6.45) is 0.735. The maximum Gasteiger partial charge on any atom is 0.0859 e. The maximum absolute atomic E-state index is 7.67. The largest absolute Gasteiger partial charge is 0.261 e. The summed E-state index contributed by atoms with van der Waals surface area (Å²) in [5, 5.41) is 3.05. The van der Waals surface area contributed by atoms with Crippen LogP contribution in [0.25, 0.3) is 10.4 Å². The van der Waals surface area contributed by atoms with Crippen LogP contribution in [0, 0.1) is 6.92 Å². The van der Waals surface area contributed by atoms with Gasteiger partial charge in [0.15, 0.2) is 0 Å². The molecule has 0 saturated heterocycles. The molecule has 0 aliphatic rings. The lowest BCUT2D eigenvalue weighted by molar-refractivity contribution is 0.731. The maximum atomic E-state index is 7.67. The van der Waals surface area contributed by atoms with E-state index in [0.29, 0.717) is 6.54 Å². The molecule has 0 unspecified atom stereocenters. The highest BCUT2D eigenvalue weighted by Crippen LogP contribution is 1.67. The van der Waals surface area contributed by atoms with Gasteiger partial charge in [0.05, 0.1) is 6.54 Å². The Morgan fingerprint density at radius 1 is 1.86 bits per heavy atom. The molecule has 0 fully saturated rings. The Hall–Kier alpha value is -0.890. The average molecular weight is 99.1 g/mol. The van der Waals surface area contributed by atoms with Gasteiger partial charge in [-0.15, -0.1) is 5.53 Å². The summed E-state index contributed by atoms with van der Waals surface area (Å²) in [5.74, 6) is 0. The van der Waals surface area contributed by atoms with Crippen LogP contribution in [0.5, 0.6) is 0 Å². The fourth-order valence-electron chi connectivity index (χ4n) is 0.161. The van der Waals surface area contributed by atoms with Crippen LogP contribution in [-0.2, 0) is 0 Å². The molecule has 0 atom stereocenters. The summed E-state index contributed by atoms with van der Waals surface area (Å²) in [6.45, 7) is 4.15. The van der Waals surface area contributed by atoms with E-state index >= 15 is 0 Å². The molecule has 0 heterocycles. The summed E-state index contributed by atoms with van der Waals surface area (Å²) < 4.78 is 0. The van der Waals surface area contributed by atoms with E-state index in [0.717, 1.165) is 6.42 Å². The predicted octanol–water partition coefficient (Wildman–Crippen LogP) is 1.03. The second-order valence-corrected chi connectivity index (χ2v) is 0.951. The standard InChI is InChI=1S/C3H7N4/c1-2-3-5-7-6-4/h5H,1-3H2. The number of hydrogen-bond donors (Lipinski definition) is 1. The lowest BCUT2D eigenvalue weighted by Crippen LogP contribution is -2.03. The molecule has 0 aliphatic heterocycles. The fourth-order valence-corrected chi connectivity index (χ4v) is 0.161. The van der Waals surface area contributed by atoms with Gasteiger partial charge in [-0.25, -0.2) is 0 Å². The zero-order valence-corrected chi connectivity index (χ0v) is 3.96. The molecule has 4 nitrogen and oxygen atoms in total. The molecular weight excluding hydrogens is 92.1 g/mol. The topological polar surface area (TPSA) is 60.8 Å². The second kappa shape index (κ2) is 5.11. The summed E-state index contributed by atoms with van der Waals surface area (Å²) in [5.41, 5.74) is 10.1. The monoisotopic (exact) mass is 99.1 g/mol. The van der Waals surface area contributed by atoms with Crippen molar-refractivity contribution in [2.45, 2.75) is 6.42 Å². The van der Waals surface area contributed by atoms with Crippen molar-refractivity contribution in [2.24, 2.45) is 5.22 Å². The van der Waals surface area contributed by atoms with Gasteiger partial charge in [0.1, 0.15) is 0 Å². The summed E-state index contributed by atoms with van der Waals surface area (Å²) in [7, 11) is 0. The van der Waals surface area contributed by atoms with Crippen molar-refractivity contribution in [2.75, 3.05) is 6.54 Å². The van der Waals surface area contributed by atoms with Gasteiger partial charge in [-0.05, 0) is 18.6 Å². The molecule has 0 rings (SSSR count). The van der Waals surface area contributed by atoms with Crippen molar-refractivity contribution in [3.8, 4) is 0 Å². The predicted molar refractivity (Wildman–Crippen MR) is 27.1 cm³/mol. The van der Waals surface area contributed by atoms with Gasteiger partial charge in [0.2, 0.25) is 0 Å². The summed E-state index contributed by atoms with van der Waals surface area (Å²) in [6, 6.07) is 0. The first-order chi connectivity index (χ1) is 3.41. The molecule has 0 spiro atoms. The van der Waals surface area contributed by atoms with Gasteiger partial charge in [-0.1, -0.05) is 0 Å². The van der Waals surface area contributed by atoms with Crippen LogP contribution >= 0.6 is 0 Å². The van der Waals surface area contributed by atoms with Crippen LogP contribution in [0.15, 0.2) is 5.22 Å². The van der Waals surface area contributed by atoms with Gasteiger partial charge < -0.3 is 0 Å². The first kappa shape index (κ1) is 6.11. The van der Waals surface area contributed by atoms with Crippen molar-refractivity contribution >= 4 is 0 Å². The van der Waals surface area contributed by atoms with Crippen molar-refractivity contribution in [3.63, 3.8) is 0 Å². The zero-order valence-electron chi connectivity index (χ0n) is 3.96. The summed E-state index contributed by atoms with van der Waals surface area (Å²) in [4.78, 5) is 2.46. The Labute approximate surface area is 42.1 Å². The molecular formula is C3H7N4. The third-order valence-corrected chi connectivity index (χ3v) is 0.404. The van der Waals surface area contributed by atoms with E-state index < -0.39 is 0 Å². The number of nitrogens with zero attached hydrogens (tertiary/aromatic N) is 3. The molecule has 4 heteroatoms. The third kappa shape index (κ3) is 5.11. The molecule has 0 aliphatic carbocycles. The van der Waals surface area contributed by atoms with E-state index in [2.05, 4.69) is 22.5 Å². The van der Waals surface area contributed by atoms with Crippen molar-refractivity contribution in [3.05, 3.63) is 17.4 Å². The first-order valence-corrected chi connectivity index (χ1v) is 1.98. The van der Waals surface area contributed by atoms with Gasteiger partial charge in [-0.2, -0.15) is 4.91 Å². The van der Waals surface area contributed by atoms with E-state index in [1.807, 2.05) is 0 Å². The molecule has 1 radical (unpaired) electrons. The Balaban J connectivity index is 2.83. The van der Waals surface area contributed by atoms with Crippen LogP contribution in [0.1, 0.15) is 6.42 Å². The molecule has 0 amide bonds. The van der Waals surface area contributed by atoms with E-state index in [1.54, 1.807) is 0 Å². The van der Waals surface area contributed by atoms with Crippen LogP contribution in [0.3, 0.4) is 0 Å². The Morgan fingerprint density at radius 2 is 2.57 bits per heavy atom. The van der Waals surface area contributed by atoms with Crippen molar-refractivity contribution < 1.29 is 0 Å². The first-order valence-electron chi connectivity index (χ1n) is 1.98. The van der Waals surface area contributed by atoms with Gasteiger partial charge in [0, 0.05) is 0 Å². The molecule has 7 heavy (non-hydrogen) atoms. The quantitative estimate of drug-likeness (QED) is 0.185. The molecule has 1 N–H and O–H groups in total. The van der Waals surface area contributed by atoms with E-state index in [4.69, 9.17) is 5.53 Å². The van der Waals surface area contributed by atoms with E-state index in [-0.39, 0.29) is 0 Å². The SMILES string of the molecule is [CH2]CCNN=[N+]=[N-]. The molecule has 0 aromatic rings. The van der Waals surface area contributed by atoms with Crippen LogP contribution in [0.4, 0.5) is 0 Å². The normalized spacial score (nSPS) is 7.00. The molecule has 0 bridgehead atoms. The summed E-state index contributed by atoms with van der Waals surface area (Å²) >= 11 is 0. The highest BCUT2D eigenvalue weighted by atomic mass is 15.4. The number of azide groups is 1. The lowest BCUT2D eigenvalue weighted by atomic mass is 10.5. The highest BCUT2D eigenvalue weighted by Gasteiger charge is 1.72.